The van der Waals surface area contributed by atoms with Gasteiger partial charge in [0.2, 0.25) is 0 Å². The lowest BCUT2D eigenvalue weighted by Gasteiger charge is -2.39. The highest BCUT2D eigenvalue weighted by molar-refractivity contribution is 6.05. The van der Waals surface area contributed by atoms with Crippen LogP contribution in [0.4, 0.5) is 0 Å². The normalized spacial score (nSPS) is 20.6. The lowest BCUT2D eigenvalue weighted by Crippen LogP contribution is -2.51. The molecule has 0 bridgehead atoms. The smallest absolute Gasteiger partial charge is 0.356 e. The fourth-order valence-electron chi connectivity index (χ4n) is 4.55. The second kappa shape index (κ2) is 9.46. The second-order valence-electron chi connectivity index (χ2n) is 10.2. The number of rotatable bonds is 6. The molecule has 1 saturated heterocycles. The van der Waals surface area contributed by atoms with E-state index in [4.69, 9.17) is 9.47 Å². The van der Waals surface area contributed by atoms with E-state index in [9.17, 15) is 9.59 Å². The molecule has 0 aliphatic carbocycles. The molecule has 4 nitrogen and oxygen atoms in total. The Balaban J connectivity index is 1.62. The zero-order valence-electron chi connectivity index (χ0n) is 20.3. The molecule has 1 heterocycles. The molecule has 1 aliphatic heterocycles. The van der Waals surface area contributed by atoms with Crippen LogP contribution in [0.2, 0.25) is 0 Å². The van der Waals surface area contributed by atoms with Crippen LogP contribution >= 0.6 is 0 Å². The molecule has 1 fully saturated rings. The van der Waals surface area contributed by atoms with Gasteiger partial charge >= 0.3 is 5.97 Å². The van der Waals surface area contributed by atoms with E-state index in [0.29, 0.717) is 18.6 Å². The minimum atomic E-state index is -1.27. The van der Waals surface area contributed by atoms with E-state index < -0.39 is 17.7 Å². The van der Waals surface area contributed by atoms with Crippen LogP contribution in [0.25, 0.3) is 0 Å². The van der Waals surface area contributed by atoms with Crippen molar-refractivity contribution in [1.82, 2.24) is 0 Å². The van der Waals surface area contributed by atoms with Crippen molar-refractivity contribution in [2.45, 2.75) is 64.1 Å². The molecule has 0 saturated carbocycles. The van der Waals surface area contributed by atoms with Gasteiger partial charge in [0.25, 0.3) is 6.10 Å². The van der Waals surface area contributed by atoms with Gasteiger partial charge in [0.05, 0.1) is 6.42 Å². The Morgan fingerprint density at radius 2 is 1.59 bits per heavy atom. The fraction of sp³-hybridized carbons (Fsp3) is 0.333. The third-order valence-corrected chi connectivity index (χ3v) is 6.41. The molecule has 0 amide bonds. The van der Waals surface area contributed by atoms with Gasteiger partial charge in [-0.15, -0.1) is 0 Å². The minimum absolute atomic E-state index is 0.0803. The number of ketones is 1. The minimum Gasteiger partial charge on any atom is -0.470 e. The average molecular weight is 457 g/mol. The molecule has 2 unspecified atom stereocenters. The van der Waals surface area contributed by atoms with Gasteiger partial charge in [-0.3, -0.25) is 4.79 Å². The molecule has 0 radical (unpaired) electrons. The maximum absolute atomic E-state index is 13.4. The Labute approximate surface area is 201 Å². The first-order valence-electron chi connectivity index (χ1n) is 11.8. The molecule has 3 aromatic carbocycles. The second-order valence-corrected chi connectivity index (χ2v) is 10.2. The molecule has 4 rings (SSSR count). The zero-order chi connectivity index (χ0) is 24.3. The zero-order valence-corrected chi connectivity index (χ0v) is 20.3. The monoisotopic (exact) mass is 456 g/mol. The van der Waals surface area contributed by atoms with Crippen LogP contribution in [0.1, 0.15) is 55.9 Å². The summed E-state index contributed by atoms with van der Waals surface area (Å²) in [7, 11) is 0. The van der Waals surface area contributed by atoms with Crippen molar-refractivity contribution >= 4 is 11.8 Å². The van der Waals surface area contributed by atoms with Gasteiger partial charge in [0.15, 0.2) is 5.78 Å². The first-order chi connectivity index (χ1) is 16.2. The third-order valence-electron chi connectivity index (χ3n) is 6.41. The fourth-order valence-corrected chi connectivity index (χ4v) is 4.55. The SMILES string of the molecule is Cc1ccc(C(C)(C)C)c(OC2C(=O)CC(CCc3ccccc3)(c3ccccc3)OC2=O)c1. The summed E-state index contributed by atoms with van der Waals surface area (Å²) in [6, 6.07) is 25.5. The standard InChI is InChI=1S/C30H32O4/c1-21-15-16-24(29(2,3)4)26(19-21)33-27-25(31)20-30(34-28(27)32,23-13-9-6-10-14-23)18-17-22-11-7-5-8-12-22/h5-16,19,27H,17-18,20H2,1-4H3. The quantitative estimate of drug-likeness (QED) is 0.333. The molecule has 2 atom stereocenters. The van der Waals surface area contributed by atoms with Crippen LogP contribution in [0.15, 0.2) is 78.9 Å². The number of esters is 1. The van der Waals surface area contributed by atoms with Crippen LogP contribution in [-0.4, -0.2) is 17.9 Å². The molecule has 34 heavy (non-hydrogen) atoms. The van der Waals surface area contributed by atoms with Gasteiger partial charge < -0.3 is 9.47 Å². The van der Waals surface area contributed by atoms with Crippen molar-refractivity contribution < 1.29 is 19.1 Å². The lowest BCUT2D eigenvalue weighted by molar-refractivity contribution is -0.184. The number of ether oxygens (including phenoxy) is 2. The first kappa shape index (κ1) is 23.7. The number of aryl methyl sites for hydroxylation is 2. The summed E-state index contributed by atoms with van der Waals surface area (Å²) in [5, 5.41) is 0. The van der Waals surface area contributed by atoms with Crippen molar-refractivity contribution in [2.75, 3.05) is 0 Å². The Hall–Kier alpha value is -3.40. The van der Waals surface area contributed by atoms with E-state index in [1.54, 1.807) is 0 Å². The molecular weight excluding hydrogens is 424 g/mol. The van der Waals surface area contributed by atoms with Gasteiger partial charge in [0.1, 0.15) is 11.4 Å². The summed E-state index contributed by atoms with van der Waals surface area (Å²) in [6.45, 7) is 8.20. The van der Waals surface area contributed by atoms with Gasteiger partial charge in [-0.1, -0.05) is 93.6 Å². The van der Waals surface area contributed by atoms with Crippen molar-refractivity contribution in [3.05, 3.63) is 101 Å². The molecule has 1 aliphatic rings. The number of hydrogen-bond acceptors (Lipinski definition) is 4. The van der Waals surface area contributed by atoms with Crippen LogP contribution in [-0.2, 0) is 31.8 Å². The summed E-state index contributed by atoms with van der Waals surface area (Å²) >= 11 is 0. The first-order valence-corrected chi connectivity index (χ1v) is 11.8. The van der Waals surface area contributed by atoms with Gasteiger partial charge in [-0.05, 0) is 53.5 Å². The highest BCUT2D eigenvalue weighted by Crippen LogP contribution is 2.40. The molecular formula is C30H32O4. The number of carbonyl (C=O) groups is 2. The number of hydrogen-bond donors (Lipinski definition) is 0. The van der Waals surface area contributed by atoms with Gasteiger partial charge in [0, 0.05) is 0 Å². The van der Waals surface area contributed by atoms with Crippen LogP contribution in [0.5, 0.6) is 5.75 Å². The Kier molecular flexibility index (Phi) is 6.60. The van der Waals surface area contributed by atoms with Crippen molar-refractivity contribution in [3.8, 4) is 5.75 Å². The Morgan fingerprint density at radius 3 is 2.21 bits per heavy atom. The summed E-state index contributed by atoms with van der Waals surface area (Å²) in [4.78, 5) is 26.7. The van der Waals surface area contributed by atoms with E-state index in [1.807, 2.05) is 85.8 Å². The molecule has 4 heteroatoms. The van der Waals surface area contributed by atoms with E-state index in [2.05, 4.69) is 20.8 Å². The molecule has 0 N–H and O–H groups in total. The lowest BCUT2D eigenvalue weighted by atomic mass is 9.80. The maximum Gasteiger partial charge on any atom is 0.356 e. The van der Waals surface area contributed by atoms with Gasteiger partial charge in [-0.25, -0.2) is 4.79 Å². The number of Topliss-reactive ketones (excluding diaryl/α,β-unsaturated/α-hetero) is 1. The average Bonchev–Trinajstić information content (AvgIpc) is 2.81. The topological polar surface area (TPSA) is 52.6 Å². The van der Waals surface area contributed by atoms with Gasteiger partial charge in [-0.2, -0.15) is 0 Å². The molecule has 0 aromatic heterocycles. The van der Waals surface area contributed by atoms with Crippen LogP contribution in [0, 0.1) is 6.92 Å². The largest absolute Gasteiger partial charge is 0.470 e. The van der Waals surface area contributed by atoms with Crippen molar-refractivity contribution in [1.29, 1.82) is 0 Å². The highest BCUT2D eigenvalue weighted by atomic mass is 16.6. The summed E-state index contributed by atoms with van der Waals surface area (Å²) < 4.78 is 12.2. The van der Waals surface area contributed by atoms with Crippen LogP contribution in [0.3, 0.4) is 0 Å². The maximum atomic E-state index is 13.4. The predicted molar refractivity (Wildman–Crippen MR) is 133 cm³/mol. The van der Waals surface area contributed by atoms with E-state index in [0.717, 1.165) is 22.3 Å². The summed E-state index contributed by atoms with van der Waals surface area (Å²) in [5.74, 6) is -0.330. The van der Waals surface area contributed by atoms with Crippen molar-refractivity contribution in [2.24, 2.45) is 0 Å². The number of cyclic esters (lactones) is 1. The molecule has 176 valence electrons. The number of carbonyl (C=O) groups excluding carboxylic acids is 2. The van der Waals surface area contributed by atoms with E-state index in [-0.39, 0.29) is 17.6 Å². The van der Waals surface area contributed by atoms with E-state index >= 15 is 0 Å². The Morgan fingerprint density at radius 1 is 0.941 bits per heavy atom. The molecule has 3 aromatic rings. The number of benzene rings is 3. The van der Waals surface area contributed by atoms with Crippen LogP contribution < -0.4 is 4.74 Å². The summed E-state index contributed by atoms with van der Waals surface area (Å²) in [5.41, 5.74) is 2.70. The van der Waals surface area contributed by atoms with Crippen molar-refractivity contribution in [3.63, 3.8) is 0 Å². The Bertz CT molecular complexity index is 1140. The predicted octanol–water partition coefficient (Wildman–Crippen LogP) is 6.08. The summed E-state index contributed by atoms with van der Waals surface area (Å²) in [6.07, 6.45) is 0.0183. The van der Waals surface area contributed by atoms with E-state index in [1.165, 1.54) is 0 Å². The third kappa shape index (κ3) is 5.06. The molecule has 0 spiro atoms. The highest BCUT2D eigenvalue weighted by Gasteiger charge is 2.49.